The number of amides is 3. The Kier molecular flexibility index (Phi) is 5.05. The number of benzene rings is 2. The molecule has 0 fully saturated rings. The van der Waals surface area contributed by atoms with Gasteiger partial charge in [0.1, 0.15) is 0 Å². The Bertz CT molecular complexity index is 759. The predicted octanol–water partition coefficient (Wildman–Crippen LogP) is 3.40. The molecule has 6 heteroatoms. The van der Waals surface area contributed by atoms with Crippen molar-refractivity contribution >= 4 is 35.1 Å². The van der Waals surface area contributed by atoms with Gasteiger partial charge in [0.2, 0.25) is 5.91 Å². The third kappa shape index (κ3) is 4.29. The van der Waals surface area contributed by atoms with Crippen molar-refractivity contribution in [3.8, 4) is 0 Å². The first-order valence-electron chi connectivity index (χ1n) is 7.81. The van der Waals surface area contributed by atoms with E-state index in [0.717, 1.165) is 11.3 Å². The molecule has 0 spiro atoms. The van der Waals surface area contributed by atoms with E-state index in [2.05, 4.69) is 28.8 Å². The SMILES string of the molecule is NC(=O)Nc1ccc(NC(=O)CSc2ccc3c(c2)CCC3)cc1. The first kappa shape index (κ1) is 16.4. The summed E-state index contributed by atoms with van der Waals surface area (Å²) in [6.07, 6.45) is 3.54. The molecule has 0 atom stereocenters. The number of anilines is 2. The van der Waals surface area contributed by atoms with Crippen molar-refractivity contribution in [1.29, 1.82) is 0 Å². The number of rotatable bonds is 5. The largest absolute Gasteiger partial charge is 0.351 e. The molecular weight excluding hydrogens is 322 g/mol. The molecular formula is C18H19N3O2S. The van der Waals surface area contributed by atoms with Crippen molar-refractivity contribution in [2.24, 2.45) is 5.73 Å². The van der Waals surface area contributed by atoms with Gasteiger partial charge in [-0.3, -0.25) is 4.79 Å². The van der Waals surface area contributed by atoms with Gasteiger partial charge in [0, 0.05) is 16.3 Å². The average molecular weight is 341 g/mol. The number of primary amides is 1. The third-order valence-corrected chi connectivity index (χ3v) is 4.87. The van der Waals surface area contributed by atoms with Crippen LogP contribution in [0.2, 0.25) is 0 Å². The van der Waals surface area contributed by atoms with Gasteiger partial charge in [-0.1, -0.05) is 6.07 Å². The molecule has 4 N–H and O–H groups in total. The summed E-state index contributed by atoms with van der Waals surface area (Å²) in [7, 11) is 0. The number of nitrogens with one attached hydrogen (secondary N) is 2. The van der Waals surface area contributed by atoms with Crippen molar-refractivity contribution < 1.29 is 9.59 Å². The lowest BCUT2D eigenvalue weighted by Crippen LogP contribution is -2.19. The number of thioether (sulfide) groups is 1. The van der Waals surface area contributed by atoms with E-state index in [1.807, 2.05) is 0 Å². The highest BCUT2D eigenvalue weighted by molar-refractivity contribution is 8.00. The second-order valence-corrected chi connectivity index (χ2v) is 6.74. The van der Waals surface area contributed by atoms with E-state index < -0.39 is 6.03 Å². The summed E-state index contributed by atoms with van der Waals surface area (Å²) in [6.45, 7) is 0. The number of carbonyl (C=O) groups excluding carboxylic acids is 2. The van der Waals surface area contributed by atoms with Crippen LogP contribution in [0.5, 0.6) is 0 Å². The van der Waals surface area contributed by atoms with Crippen molar-refractivity contribution in [2.75, 3.05) is 16.4 Å². The zero-order valence-corrected chi connectivity index (χ0v) is 14.0. The highest BCUT2D eigenvalue weighted by Gasteiger charge is 2.11. The number of aryl methyl sites for hydroxylation is 2. The van der Waals surface area contributed by atoms with Crippen LogP contribution in [0, 0.1) is 0 Å². The lowest BCUT2D eigenvalue weighted by molar-refractivity contribution is -0.113. The van der Waals surface area contributed by atoms with E-state index in [1.54, 1.807) is 24.3 Å². The maximum atomic E-state index is 12.1. The number of urea groups is 1. The Balaban J connectivity index is 1.51. The number of hydrogen-bond acceptors (Lipinski definition) is 3. The van der Waals surface area contributed by atoms with Crippen molar-refractivity contribution in [3.05, 3.63) is 53.6 Å². The van der Waals surface area contributed by atoms with Crippen molar-refractivity contribution in [2.45, 2.75) is 24.2 Å². The van der Waals surface area contributed by atoms with Crippen LogP contribution in [0.25, 0.3) is 0 Å². The van der Waals surface area contributed by atoms with Gasteiger partial charge in [-0.15, -0.1) is 11.8 Å². The molecule has 1 aliphatic carbocycles. The van der Waals surface area contributed by atoms with E-state index in [0.29, 0.717) is 17.1 Å². The topological polar surface area (TPSA) is 84.2 Å². The highest BCUT2D eigenvalue weighted by Crippen LogP contribution is 2.27. The van der Waals surface area contributed by atoms with Gasteiger partial charge in [0.15, 0.2) is 0 Å². The molecule has 0 radical (unpaired) electrons. The predicted molar refractivity (Wildman–Crippen MR) is 97.5 cm³/mol. The lowest BCUT2D eigenvalue weighted by atomic mass is 10.1. The standard InChI is InChI=1S/C18H19N3O2S/c19-18(23)21-15-7-5-14(6-8-15)20-17(22)11-24-16-9-4-12-2-1-3-13(12)10-16/h4-10H,1-3,11H2,(H,20,22)(H3,19,21,23). The first-order valence-corrected chi connectivity index (χ1v) is 8.80. The molecule has 24 heavy (non-hydrogen) atoms. The number of nitrogens with two attached hydrogens (primary N) is 1. The molecule has 0 saturated heterocycles. The number of fused-ring (bicyclic) bond motifs is 1. The van der Waals surface area contributed by atoms with Gasteiger partial charge in [0.05, 0.1) is 5.75 Å². The van der Waals surface area contributed by atoms with Crippen LogP contribution in [-0.2, 0) is 17.6 Å². The molecule has 2 aromatic carbocycles. The van der Waals surface area contributed by atoms with Gasteiger partial charge in [-0.2, -0.15) is 0 Å². The minimum atomic E-state index is -0.613. The zero-order valence-electron chi connectivity index (χ0n) is 13.2. The molecule has 0 unspecified atom stereocenters. The Hall–Kier alpha value is -2.47. The quantitative estimate of drug-likeness (QED) is 0.729. The molecule has 124 valence electrons. The van der Waals surface area contributed by atoms with E-state index in [9.17, 15) is 9.59 Å². The van der Waals surface area contributed by atoms with E-state index in [-0.39, 0.29) is 5.91 Å². The molecule has 0 aromatic heterocycles. The van der Waals surface area contributed by atoms with Gasteiger partial charge in [0.25, 0.3) is 0 Å². The molecule has 2 aromatic rings. The van der Waals surface area contributed by atoms with E-state index in [1.165, 1.54) is 35.7 Å². The van der Waals surface area contributed by atoms with Crippen LogP contribution in [0.1, 0.15) is 17.5 Å². The molecule has 0 saturated carbocycles. The second kappa shape index (κ2) is 7.40. The van der Waals surface area contributed by atoms with Gasteiger partial charge in [-0.05, 0) is 66.8 Å². The monoisotopic (exact) mass is 341 g/mol. The molecule has 0 heterocycles. The molecule has 5 nitrogen and oxygen atoms in total. The Labute approximate surface area is 145 Å². The summed E-state index contributed by atoms with van der Waals surface area (Å²) in [5.74, 6) is 0.302. The average Bonchev–Trinajstić information content (AvgIpc) is 3.02. The van der Waals surface area contributed by atoms with Gasteiger partial charge >= 0.3 is 6.03 Å². The normalized spacial score (nSPS) is 12.5. The molecule has 3 amide bonds. The van der Waals surface area contributed by atoms with Gasteiger partial charge in [-0.25, -0.2) is 4.79 Å². The molecule has 0 aliphatic heterocycles. The van der Waals surface area contributed by atoms with E-state index in [4.69, 9.17) is 5.73 Å². The summed E-state index contributed by atoms with van der Waals surface area (Å²) in [5, 5.41) is 5.32. The summed E-state index contributed by atoms with van der Waals surface area (Å²) in [5.41, 5.74) is 9.18. The first-order chi connectivity index (χ1) is 11.6. The fraction of sp³-hybridized carbons (Fsp3) is 0.222. The Morgan fingerprint density at radius 2 is 1.62 bits per heavy atom. The smallest absolute Gasteiger partial charge is 0.316 e. The molecule has 3 rings (SSSR count). The third-order valence-electron chi connectivity index (χ3n) is 3.88. The van der Waals surface area contributed by atoms with Gasteiger partial charge < -0.3 is 16.4 Å². The molecule has 0 bridgehead atoms. The summed E-state index contributed by atoms with van der Waals surface area (Å²) in [4.78, 5) is 24.0. The minimum Gasteiger partial charge on any atom is -0.351 e. The van der Waals surface area contributed by atoms with Crippen molar-refractivity contribution in [1.82, 2.24) is 0 Å². The summed E-state index contributed by atoms with van der Waals surface area (Å²) >= 11 is 1.54. The summed E-state index contributed by atoms with van der Waals surface area (Å²) in [6, 6.07) is 12.7. The van der Waals surface area contributed by atoms with Crippen LogP contribution in [0.15, 0.2) is 47.4 Å². The Morgan fingerprint density at radius 1 is 0.958 bits per heavy atom. The van der Waals surface area contributed by atoms with Crippen LogP contribution in [0.4, 0.5) is 16.2 Å². The van der Waals surface area contributed by atoms with Crippen molar-refractivity contribution in [3.63, 3.8) is 0 Å². The number of carbonyl (C=O) groups is 2. The van der Waals surface area contributed by atoms with Crippen LogP contribution >= 0.6 is 11.8 Å². The maximum Gasteiger partial charge on any atom is 0.316 e. The zero-order chi connectivity index (χ0) is 16.9. The minimum absolute atomic E-state index is 0.0592. The lowest BCUT2D eigenvalue weighted by Gasteiger charge is -2.08. The fourth-order valence-corrected chi connectivity index (χ4v) is 3.52. The van der Waals surface area contributed by atoms with Crippen LogP contribution in [0.3, 0.4) is 0 Å². The molecule has 1 aliphatic rings. The van der Waals surface area contributed by atoms with Crippen LogP contribution in [-0.4, -0.2) is 17.7 Å². The maximum absolute atomic E-state index is 12.1. The number of hydrogen-bond donors (Lipinski definition) is 3. The highest BCUT2D eigenvalue weighted by atomic mass is 32.2. The fourth-order valence-electron chi connectivity index (χ4n) is 2.76. The van der Waals surface area contributed by atoms with Crippen LogP contribution < -0.4 is 16.4 Å². The van der Waals surface area contributed by atoms with E-state index >= 15 is 0 Å². The summed E-state index contributed by atoms with van der Waals surface area (Å²) < 4.78 is 0. The Morgan fingerprint density at radius 3 is 2.33 bits per heavy atom. The second-order valence-electron chi connectivity index (χ2n) is 5.69.